The molecule has 1 unspecified atom stereocenters. The van der Waals surface area contributed by atoms with Crippen LogP contribution in [0.4, 0.5) is 4.79 Å². The molecule has 0 radical (unpaired) electrons. The number of amides is 4. The molecule has 0 heterocycles. The van der Waals surface area contributed by atoms with E-state index in [-0.39, 0.29) is 29.1 Å². The number of carbonyl (C=O) groups is 4. The normalized spacial score (nSPS) is 13.1. The minimum atomic E-state index is -1.18. The number of hydrogen-bond donors (Lipinski definition) is 4. The molecule has 0 bridgehead atoms. The number of nitrogens with zero attached hydrogens (tertiary/aromatic N) is 1. The number of Topliss-reactive ketones (excluding diaryl/α,β-unsaturated/α-hetero) is 1. The molecule has 0 fully saturated rings. The molecule has 202 valence electrons. The molecule has 0 aliphatic carbocycles. The number of hydrogen-bond acceptors (Lipinski definition) is 5. The van der Waals surface area contributed by atoms with E-state index in [0.29, 0.717) is 24.1 Å². The number of ketones is 1. The lowest BCUT2D eigenvalue weighted by Gasteiger charge is -2.33. The highest BCUT2D eigenvalue weighted by Gasteiger charge is 2.38. The van der Waals surface area contributed by atoms with Crippen LogP contribution in [0.25, 0.3) is 0 Å². The van der Waals surface area contributed by atoms with E-state index < -0.39 is 34.8 Å². The maximum Gasteiger partial charge on any atom is 0.315 e. The number of rotatable bonds is 12. The summed E-state index contributed by atoms with van der Waals surface area (Å²) < 4.78 is 0. The molecule has 9 nitrogen and oxygen atoms in total. The molecule has 4 amide bonds. The average molecular weight is 536 g/mol. The zero-order valence-corrected chi connectivity index (χ0v) is 24.7. The first-order chi connectivity index (χ1) is 18.0. The zero-order chi connectivity index (χ0) is 28.3. The Bertz CT molecular complexity index is 1200. The number of aryl methyl sites for hydroxylation is 1. The lowest BCUT2D eigenvalue weighted by molar-refractivity contribution is -0.140. The van der Waals surface area contributed by atoms with Crippen LogP contribution in [0.1, 0.15) is 55.9 Å². The Morgan fingerprint density at radius 2 is 1.68 bits per heavy atom. The molecule has 38 heavy (non-hydrogen) atoms. The van der Waals surface area contributed by atoms with Gasteiger partial charge in [-0.1, -0.05) is 69.3 Å². The highest BCUT2D eigenvalue weighted by atomic mass is 28.1. The van der Waals surface area contributed by atoms with Gasteiger partial charge >= 0.3 is 6.03 Å². The summed E-state index contributed by atoms with van der Waals surface area (Å²) >= 11 is 0. The Morgan fingerprint density at radius 1 is 1.00 bits per heavy atom. The molecule has 0 aromatic heterocycles. The summed E-state index contributed by atoms with van der Waals surface area (Å²) in [7, 11) is 0.282. The van der Waals surface area contributed by atoms with Crippen molar-refractivity contribution in [1.82, 2.24) is 21.3 Å². The highest BCUT2D eigenvalue weighted by molar-refractivity contribution is 6.39. The van der Waals surface area contributed by atoms with E-state index in [1.165, 1.54) is 0 Å². The van der Waals surface area contributed by atoms with Crippen LogP contribution in [-0.4, -0.2) is 45.1 Å². The van der Waals surface area contributed by atoms with Crippen molar-refractivity contribution in [3.05, 3.63) is 70.8 Å². The van der Waals surface area contributed by atoms with Gasteiger partial charge in [-0.25, -0.2) is 4.79 Å². The van der Waals surface area contributed by atoms with Crippen molar-refractivity contribution in [3.63, 3.8) is 0 Å². The second kappa shape index (κ2) is 14.1. The van der Waals surface area contributed by atoms with Crippen molar-refractivity contribution >= 4 is 33.9 Å². The standard InChI is InChI=1S/C28H37N5O4Si/c1-5-23(24(34)25(35)30-17-21-13-9-10-19(4)22(21)15-29)32-26(36)28(38,14-18(2)3)33-27(37)31-16-20-11-7-6-8-12-20/h6-13,18,23H,5,14,16-17H2,1-4,38H3,(H,30,35)(H,32,36)(H2,31,33,37)/t23?,28-/m0/s1. The van der Waals surface area contributed by atoms with Crippen LogP contribution in [0.3, 0.4) is 0 Å². The van der Waals surface area contributed by atoms with Gasteiger partial charge in [-0.15, -0.1) is 0 Å². The van der Waals surface area contributed by atoms with Crippen LogP contribution in [0.15, 0.2) is 48.5 Å². The minimum absolute atomic E-state index is 0.0145. The van der Waals surface area contributed by atoms with E-state index >= 15 is 0 Å². The maximum absolute atomic E-state index is 13.4. The lowest BCUT2D eigenvalue weighted by atomic mass is 10.0. The first-order valence-corrected chi connectivity index (χ1v) is 13.7. The van der Waals surface area contributed by atoms with Gasteiger partial charge in [0.25, 0.3) is 5.91 Å². The smallest absolute Gasteiger partial charge is 0.315 e. The van der Waals surface area contributed by atoms with Crippen LogP contribution in [0.2, 0.25) is 0 Å². The Labute approximate surface area is 227 Å². The van der Waals surface area contributed by atoms with E-state index in [1.54, 1.807) is 32.0 Å². The SMILES string of the molecule is CCC(NC(=O)[C@@]([SiH3])(CC(C)C)NC(=O)NCc1ccccc1)C(=O)C(=O)NCc1cccc(C)c1C#N. The number of nitriles is 1. The van der Waals surface area contributed by atoms with E-state index in [4.69, 9.17) is 0 Å². The Hall–Kier alpha value is -3.97. The van der Waals surface area contributed by atoms with Gasteiger partial charge in [0.05, 0.1) is 22.8 Å². The predicted octanol–water partition coefficient (Wildman–Crippen LogP) is 1.55. The highest BCUT2D eigenvalue weighted by Crippen LogP contribution is 2.16. The van der Waals surface area contributed by atoms with Crippen molar-refractivity contribution in [3.8, 4) is 6.07 Å². The quantitative estimate of drug-likeness (QED) is 0.241. The minimum Gasteiger partial charge on any atom is -0.345 e. The summed E-state index contributed by atoms with van der Waals surface area (Å²) in [6.07, 6.45) is 0.580. The fourth-order valence-electron chi connectivity index (χ4n) is 4.22. The molecule has 2 rings (SSSR count). The Morgan fingerprint density at radius 3 is 2.29 bits per heavy atom. The summed E-state index contributed by atoms with van der Waals surface area (Å²) in [5.74, 6) is -2.03. The van der Waals surface area contributed by atoms with Gasteiger partial charge in [-0.3, -0.25) is 14.4 Å². The summed E-state index contributed by atoms with van der Waals surface area (Å²) in [6.45, 7) is 7.70. The molecular weight excluding hydrogens is 498 g/mol. The second-order valence-corrected chi connectivity index (χ2v) is 11.6. The number of carbonyl (C=O) groups excluding carboxylic acids is 4. The van der Waals surface area contributed by atoms with Crippen LogP contribution in [0.5, 0.6) is 0 Å². The summed E-state index contributed by atoms with van der Waals surface area (Å²) in [5.41, 5.74) is 2.75. The number of benzene rings is 2. The second-order valence-electron chi connectivity index (χ2n) is 9.93. The first kappa shape index (κ1) is 30.3. The van der Waals surface area contributed by atoms with Crippen molar-refractivity contribution in [2.45, 2.75) is 64.8 Å². The first-order valence-electron chi connectivity index (χ1n) is 12.7. The van der Waals surface area contributed by atoms with Crippen LogP contribution >= 0.6 is 0 Å². The molecule has 10 heteroatoms. The molecule has 2 aromatic rings. The third-order valence-electron chi connectivity index (χ3n) is 6.17. The molecule has 0 saturated heterocycles. The molecule has 2 atom stereocenters. The topological polar surface area (TPSA) is 140 Å². The van der Waals surface area contributed by atoms with Gasteiger partial charge < -0.3 is 21.3 Å². The van der Waals surface area contributed by atoms with Crippen LogP contribution < -0.4 is 21.3 Å². The van der Waals surface area contributed by atoms with Gasteiger partial charge in [0.1, 0.15) is 0 Å². The van der Waals surface area contributed by atoms with E-state index in [2.05, 4.69) is 27.3 Å². The van der Waals surface area contributed by atoms with Crippen molar-refractivity contribution in [2.75, 3.05) is 0 Å². The van der Waals surface area contributed by atoms with Gasteiger partial charge in [0.15, 0.2) is 0 Å². The predicted molar refractivity (Wildman–Crippen MR) is 149 cm³/mol. The number of urea groups is 1. The van der Waals surface area contributed by atoms with Crippen LogP contribution in [-0.2, 0) is 27.5 Å². The third-order valence-corrected chi connectivity index (χ3v) is 7.28. The zero-order valence-electron chi connectivity index (χ0n) is 22.7. The third kappa shape index (κ3) is 8.56. The fraction of sp³-hybridized carbons (Fsp3) is 0.393. The fourth-order valence-corrected chi connectivity index (χ4v) is 5.41. The van der Waals surface area contributed by atoms with Crippen LogP contribution in [0, 0.1) is 24.2 Å². The lowest BCUT2D eigenvalue weighted by Crippen LogP contribution is -2.64. The van der Waals surface area contributed by atoms with E-state index in [1.807, 2.05) is 44.2 Å². The molecular formula is C28H37N5O4Si. The van der Waals surface area contributed by atoms with Crippen molar-refractivity contribution in [2.24, 2.45) is 5.92 Å². The summed E-state index contributed by atoms with van der Waals surface area (Å²) in [4.78, 5) is 51.6. The molecule has 4 N–H and O–H groups in total. The van der Waals surface area contributed by atoms with Crippen molar-refractivity contribution < 1.29 is 19.2 Å². The monoisotopic (exact) mass is 535 g/mol. The van der Waals surface area contributed by atoms with Gasteiger partial charge in [-0.2, -0.15) is 5.26 Å². The molecule has 2 aromatic carbocycles. The molecule has 0 aliphatic rings. The molecule has 0 spiro atoms. The van der Waals surface area contributed by atoms with E-state index in [9.17, 15) is 24.4 Å². The van der Waals surface area contributed by atoms with Gasteiger partial charge in [0, 0.05) is 23.3 Å². The van der Waals surface area contributed by atoms with Crippen molar-refractivity contribution in [1.29, 1.82) is 5.26 Å². The Balaban J connectivity index is 2.05. The summed E-state index contributed by atoms with van der Waals surface area (Å²) in [5, 5.41) is 19.0. The number of nitrogens with one attached hydrogen (secondary N) is 4. The average Bonchev–Trinajstić information content (AvgIpc) is 2.88. The molecule has 0 saturated carbocycles. The Kier molecular flexibility index (Phi) is 11.2. The largest absolute Gasteiger partial charge is 0.345 e. The van der Waals surface area contributed by atoms with Gasteiger partial charge in [-0.05, 0) is 42.4 Å². The summed E-state index contributed by atoms with van der Waals surface area (Å²) in [6, 6.07) is 15.3. The maximum atomic E-state index is 13.4. The molecule has 0 aliphatic heterocycles. The van der Waals surface area contributed by atoms with Gasteiger partial charge in [0.2, 0.25) is 11.7 Å². The van der Waals surface area contributed by atoms with E-state index in [0.717, 1.165) is 11.1 Å².